The molecule has 3 N–H and O–H groups in total. The summed E-state index contributed by atoms with van der Waals surface area (Å²) in [6.07, 6.45) is 3.43. The van der Waals surface area contributed by atoms with Gasteiger partial charge in [0.2, 0.25) is 0 Å². The zero-order chi connectivity index (χ0) is 21.8. The molecule has 2 amide bonds. The van der Waals surface area contributed by atoms with Gasteiger partial charge in [-0.2, -0.15) is 0 Å². The number of imide groups is 1. The van der Waals surface area contributed by atoms with Crippen molar-refractivity contribution in [1.82, 2.24) is 4.90 Å². The molecule has 0 bridgehead atoms. The van der Waals surface area contributed by atoms with Crippen LogP contribution in [-0.4, -0.2) is 29.1 Å². The first-order valence-electron chi connectivity index (χ1n) is 10.5. The predicted molar refractivity (Wildman–Crippen MR) is 129 cm³/mol. The van der Waals surface area contributed by atoms with Crippen molar-refractivity contribution in [2.45, 2.75) is 25.7 Å². The smallest absolute Gasteiger partial charge is 0.261 e. The number of nitrogens with zero attached hydrogens (tertiary/aromatic N) is 1. The van der Waals surface area contributed by atoms with Crippen LogP contribution in [0.3, 0.4) is 0 Å². The molecule has 0 saturated carbocycles. The Morgan fingerprint density at radius 3 is 1.62 bits per heavy atom. The summed E-state index contributed by atoms with van der Waals surface area (Å²) in [6.45, 7) is 0.435. The number of rotatable bonds is 8. The molecule has 0 aromatic heterocycles. The Hall–Kier alpha value is -3.44. The maximum Gasteiger partial charge on any atom is 0.261 e. The SMILES string of the molecule is Cl.N=C(N)c1ccc(CCc2ccc(CCCN3C(=O)c4ccccc4C3=O)cc2)cc1. The highest BCUT2D eigenvalue weighted by Crippen LogP contribution is 2.22. The summed E-state index contributed by atoms with van der Waals surface area (Å²) < 4.78 is 0. The van der Waals surface area contributed by atoms with Gasteiger partial charge in [-0.3, -0.25) is 19.9 Å². The lowest BCUT2D eigenvalue weighted by atomic mass is 10.0. The summed E-state index contributed by atoms with van der Waals surface area (Å²) in [4.78, 5) is 26.2. The number of benzene rings is 3. The van der Waals surface area contributed by atoms with Gasteiger partial charge in [-0.05, 0) is 54.5 Å². The fourth-order valence-electron chi connectivity index (χ4n) is 3.90. The zero-order valence-corrected chi connectivity index (χ0v) is 18.5. The molecular formula is C26H26ClN3O2. The number of nitrogens with one attached hydrogen (secondary N) is 1. The van der Waals surface area contributed by atoms with Crippen molar-refractivity contribution >= 4 is 30.1 Å². The monoisotopic (exact) mass is 447 g/mol. The Balaban J connectivity index is 0.00000289. The van der Waals surface area contributed by atoms with Crippen LogP contribution in [0.4, 0.5) is 0 Å². The molecule has 0 atom stereocenters. The summed E-state index contributed by atoms with van der Waals surface area (Å²) in [7, 11) is 0. The van der Waals surface area contributed by atoms with Gasteiger partial charge in [0.25, 0.3) is 11.8 Å². The summed E-state index contributed by atoms with van der Waals surface area (Å²) in [5.74, 6) is -0.287. The Morgan fingerprint density at radius 1 is 0.719 bits per heavy atom. The van der Waals surface area contributed by atoms with E-state index in [1.807, 2.05) is 24.3 Å². The topological polar surface area (TPSA) is 87.2 Å². The van der Waals surface area contributed by atoms with Crippen LogP contribution in [0.2, 0.25) is 0 Å². The number of nitrogen functional groups attached to an aromatic ring is 1. The lowest BCUT2D eigenvalue weighted by Gasteiger charge is -2.13. The highest BCUT2D eigenvalue weighted by Gasteiger charge is 2.34. The van der Waals surface area contributed by atoms with E-state index in [9.17, 15) is 9.59 Å². The van der Waals surface area contributed by atoms with E-state index in [1.165, 1.54) is 21.6 Å². The van der Waals surface area contributed by atoms with E-state index in [2.05, 4.69) is 24.3 Å². The molecule has 1 aliphatic rings. The predicted octanol–water partition coefficient (Wildman–Crippen LogP) is 4.41. The fourth-order valence-corrected chi connectivity index (χ4v) is 3.90. The maximum absolute atomic E-state index is 12.4. The van der Waals surface area contributed by atoms with E-state index in [0.717, 1.165) is 31.2 Å². The molecule has 0 unspecified atom stereocenters. The number of nitrogens with two attached hydrogens (primary N) is 1. The average Bonchev–Trinajstić information content (AvgIpc) is 3.04. The van der Waals surface area contributed by atoms with Crippen molar-refractivity contribution < 1.29 is 9.59 Å². The molecule has 3 aromatic rings. The molecule has 0 fully saturated rings. The number of hydrogen-bond donors (Lipinski definition) is 2. The number of aryl methyl sites for hydroxylation is 3. The van der Waals surface area contributed by atoms with Gasteiger partial charge in [0.05, 0.1) is 11.1 Å². The number of fused-ring (bicyclic) bond motifs is 1. The van der Waals surface area contributed by atoms with Crippen molar-refractivity contribution in [1.29, 1.82) is 5.41 Å². The van der Waals surface area contributed by atoms with E-state index >= 15 is 0 Å². The van der Waals surface area contributed by atoms with Gasteiger partial charge in [-0.1, -0.05) is 60.7 Å². The first-order valence-corrected chi connectivity index (χ1v) is 10.5. The molecule has 32 heavy (non-hydrogen) atoms. The largest absolute Gasteiger partial charge is 0.384 e. The minimum atomic E-state index is -0.188. The molecule has 3 aromatic carbocycles. The van der Waals surface area contributed by atoms with Crippen LogP contribution in [-0.2, 0) is 19.3 Å². The van der Waals surface area contributed by atoms with Gasteiger partial charge in [0.1, 0.15) is 5.84 Å². The van der Waals surface area contributed by atoms with Crippen LogP contribution in [0.25, 0.3) is 0 Å². The van der Waals surface area contributed by atoms with E-state index < -0.39 is 0 Å². The molecule has 0 spiro atoms. The number of carbonyl (C=O) groups excluding carboxylic acids is 2. The van der Waals surface area contributed by atoms with Crippen molar-refractivity contribution in [2.75, 3.05) is 6.54 Å². The van der Waals surface area contributed by atoms with Crippen molar-refractivity contribution in [2.24, 2.45) is 5.73 Å². The second-order valence-corrected chi connectivity index (χ2v) is 7.84. The van der Waals surface area contributed by atoms with E-state index in [-0.39, 0.29) is 30.1 Å². The lowest BCUT2D eigenvalue weighted by molar-refractivity contribution is 0.0652. The second-order valence-electron chi connectivity index (χ2n) is 7.84. The number of hydrogen-bond acceptors (Lipinski definition) is 3. The first kappa shape index (κ1) is 23.2. The molecule has 164 valence electrons. The van der Waals surface area contributed by atoms with Gasteiger partial charge >= 0.3 is 0 Å². The number of halogens is 1. The van der Waals surface area contributed by atoms with Gasteiger partial charge in [0, 0.05) is 12.1 Å². The lowest BCUT2D eigenvalue weighted by Crippen LogP contribution is -2.30. The van der Waals surface area contributed by atoms with Crippen molar-refractivity contribution in [3.05, 3.63) is 106 Å². The van der Waals surface area contributed by atoms with Crippen LogP contribution in [0.1, 0.15) is 49.4 Å². The average molecular weight is 448 g/mol. The van der Waals surface area contributed by atoms with E-state index in [0.29, 0.717) is 17.7 Å². The Bertz CT molecular complexity index is 1090. The highest BCUT2D eigenvalue weighted by atomic mass is 35.5. The summed E-state index contributed by atoms with van der Waals surface area (Å²) >= 11 is 0. The minimum absolute atomic E-state index is 0. The number of amidine groups is 1. The molecule has 6 heteroatoms. The normalized spacial score (nSPS) is 12.4. The Labute approximate surface area is 194 Å². The number of carbonyl (C=O) groups is 2. The van der Waals surface area contributed by atoms with Crippen LogP contribution in [0, 0.1) is 5.41 Å². The molecule has 0 saturated heterocycles. The highest BCUT2D eigenvalue weighted by molar-refractivity contribution is 6.21. The molecular weight excluding hydrogens is 422 g/mol. The third kappa shape index (κ3) is 5.06. The summed E-state index contributed by atoms with van der Waals surface area (Å²) in [5, 5.41) is 7.45. The van der Waals surface area contributed by atoms with E-state index in [4.69, 9.17) is 11.1 Å². The zero-order valence-electron chi connectivity index (χ0n) is 17.7. The van der Waals surface area contributed by atoms with Gasteiger partial charge in [-0.25, -0.2) is 0 Å². The van der Waals surface area contributed by atoms with Gasteiger partial charge in [0.15, 0.2) is 0 Å². The van der Waals surface area contributed by atoms with Crippen molar-refractivity contribution in [3.63, 3.8) is 0 Å². The summed E-state index contributed by atoms with van der Waals surface area (Å²) in [6, 6.07) is 23.3. The first-order chi connectivity index (χ1) is 15.0. The Morgan fingerprint density at radius 2 is 1.16 bits per heavy atom. The Kier molecular flexibility index (Phi) is 7.44. The third-order valence-corrected chi connectivity index (χ3v) is 5.72. The quantitative estimate of drug-likeness (QED) is 0.304. The van der Waals surface area contributed by atoms with Crippen LogP contribution in [0.5, 0.6) is 0 Å². The molecule has 0 radical (unpaired) electrons. The molecule has 0 aliphatic carbocycles. The van der Waals surface area contributed by atoms with Crippen molar-refractivity contribution in [3.8, 4) is 0 Å². The molecule has 1 aliphatic heterocycles. The molecule has 5 nitrogen and oxygen atoms in total. The number of amides is 2. The fraction of sp³-hybridized carbons (Fsp3) is 0.192. The second kappa shape index (κ2) is 10.2. The standard InChI is InChI=1S/C26H25N3O2.ClH/c27-24(28)21-15-13-20(14-16-21)12-11-19-9-7-18(8-10-19)4-3-17-29-25(30)22-5-1-2-6-23(22)26(29)31;/h1-2,5-10,13-16H,3-4,11-12,17H2,(H3,27,28);1H. The van der Waals surface area contributed by atoms with Gasteiger partial charge < -0.3 is 5.73 Å². The third-order valence-electron chi connectivity index (χ3n) is 5.72. The van der Waals surface area contributed by atoms with E-state index in [1.54, 1.807) is 24.3 Å². The van der Waals surface area contributed by atoms with Crippen LogP contribution >= 0.6 is 12.4 Å². The summed E-state index contributed by atoms with van der Waals surface area (Å²) in [5.41, 5.74) is 10.9. The van der Waals surface area contributed by atoms with Crippen LogP contribution in [0.15, 0.2) is 72.8 Å². The van der Waals surface area contributed by atoms with Gasteiger partial charge in [-0.15, -0.1) is 12.4 Å². The molecule has 1 heterocycles. The molecule has 4 rings (SSSR count). The maximum atomic E-state index is 12.4. The minimum Gasteiger partial charge on any atom is -0.384 e. The van der Waals surface area contributed by atoms with Crippen LogP contribution < -0.4 is 5.73 Å².